The third kappa shape index (κ3) is 5.18. The number of amides is 1. The lowest BCUT2D eigenvalue weighted by atomic mass is 9.92. The maximum atomic E-state index is 12.1. The van der Waals surface area contributed by atoms with E-state index in [2.05, 4.69) is 10.0 Å². The van der Waals surface area contributed by atoms with Gasteiger partial charge in [-0.25, -0.2) is 13.1 Å². The van der Waals surface area contributed by atoms with Gasteiger partial charge in [-0.3, -0.25) is 4.79 Å². The van der Waals surface area contributed by atoms with E-state index in [0.717, 1.165) is 6.26 Å². The van der Waals surface area contributed by atoms with Gasteiger partial charge in [-0.1, -0.05) is 0 Å². The van der Waals surface area contributed by atoms with Crippen LogP contribution in [0.3, 0.4) is 0 Å². The number of ether oxygens (including phenoxy) is 1. The fourth-order valence-electron chi connectivity index (χ4n) is 1.37. The molecule has 112 valence electrons. The van der Waals surface area contributed by atoms with Crippen LogP contribution in [0.25, 0.3) is 0 Å². The molecular weight excluding hydrogens is 280 g/mol. The average Bonchev–Trinajstić information content (AvgIpc) is 2.36. The van der Waals surface area contributed by atoms with Gasteiger partial charge in [-0.2, -0.15) is 0 Å². The van der Waals surface area contributed by atoms with Gasteiger partial charge in [0.2, 0.25) is 15.9 Å². The molecule has 0 aromatic heterocycles. The zero-order valence-electron chi connectivity index (χ0n) is 12.1. The molecule has 0 spiro atoms. The summed E-state index contributed by atoms with van der Waals surface area (Å²) in [5, 5.41) is 2.74. The SMILES string of the molecule is COc1ccc(NC(=O)C(C)(C)CNS(C)(=O)=O)cc1. The van der Waals surface area contributed by atoms with E-state index in [1.807, 2.05) is 0 Å². The Bertz CT molecular complexity index is 565. The average molecular weight is 300 g/mol. The summed E-state index contributed by atoms with van der Waals surface area (Å²) in [6.07, 6.45) is 1.06. The number of hydrogen-bond donors (Lipinski definition) is 2. The van der Waals surface area contributed by atoms with Crippen LogP contribution in [0, 0.1) is 5.41 Å². The topological polar surface area (TPSA) is 84.5 Å². The van der Waals surface area contributed by atoms with Gasteiger partial charge >= 0.3 is 0 Å². The molecule has 0 bridgehead atoms. The largest absolute Gasteiger partial charge is 0.497 e. The summed E-state index contributed by atoms with van der Waals surface area (Å²) < 4.78 is 29.5. The first kappa shape index (κ1) is 16.5. The highest BCUT2D eigenvalue weighted by atomic mass is 32.2. The van der Waals surface area contributed by atoms with Crippen molar-refractivity contribution < 1.29 is 17.9 Å². The molecule has 0 saturated heterocycles. The van der Waals surface area contributed by atoms with Crippen LogP contribution in [0.2, 0.25) is 0 Å². The van der Waals surface area contributed by atoms with Crippen LogP contribution in [-0.4, -0.2) is 34.2 Å². The molecule has 6 nitrogen and oxygen atoms in total. The van der Waals surface area contributed by atoms with Crippen molar-refractivity contribution in [2.45, 2.75) is 13.8 Å². The molecule has 0 fully saturated rings. The van der Waals surface area contributed by atoms with Crippen molar-refractivity contribution in [1.29, 1.82) is 0 Å². The maximum Gasteiger partial charge on any atom is 0.231 e. The standard InChI is InChI=1S/C13H20N2O4S/c1-13(2,9-14-20(4,17)18)12(16)15-10-5-7-11(19-3)8-6-10/h5-8,14H,9H2,1-4H3,(H,15,16). The van der Waals surface area contributed by atoms with Gasteiger partial charge in [0.05, 0.1) is 18.8 Å². The van der Waals surface area contributed by atoms with E-state index in [1.54, 1.807) is 45.2 Å². The highest BCUT2D eigenvalue weighted by Crippen LogP contribution is 2.20. The Kier molecular flexibility index (Phi) is 5.13. The summed E-state index contributed by atoms with van der Waals surface area (Å²) in [5.41, 5.74) is -0.230. The summed E-state index contributed by atoms with van der Waals surface area (Å²) in [6.45, 7) is 3.38. The monoisotopic (exact) mass is 300 g/mol. The normalized spacial score (nSPS) is 12.0. The summed E-state index contributed by atoms with van der Waals surface area (Å²) in [5.74, 6) is 0.430. The van der Waals surface area contributed by atoms with Gasteiger partial charge in [0.25, 0.3) is 0 Å². The molecule has 0 unspecified atom stereocenters. The van der Waals surface area contributed by atoms with Crippen molar-refractivity contribution >= 4 is 21.6 Å². The molecule has 1 amide bonds. The Morgan fingerprint density at radius 2 is 1.80 bits per heavy atom. The van der Waals surface area contributed by atoms with Crippen LogP contribution in [0.1, 0.15) is 13.8 Å². The van der Waals surface area contributed by atoms with Gasteiger partial charge in [-0.05, 0) is 38.1 Å². The van der Waals surface area contributed by atoms with E-state index in [1.165, 1.54) is 0 Å². The highest BCUT2D eigenvalue weighted by Gasteiger charge is 2.28. The van der Waals surface area contributed by atoms with Crippen molar-refractivity contribution in [3.05, 3.63) is 24.3 Å². The quantitative estimate of drug-likeness (QED) is 0.827. The second-order valence-corrected chi connectivity index (χ2v) is 6.99. The summed E-state index contributed by atoms with van der Waals surface area (Å²) >= 11 is 0. The Morgan fingerprint density at radius 3 is 2.25 bits per heavy atom. The second kappa shape index (κ2) is 6.23. The molecule has 1 aromatic carbocycles. The van der Waals surface area contributed by atoms with Crippen LogP contribution in [0.4, 0.5) is 5.69 Å². The number of carbonyl (C=O) groups excluding carboxylic acids is 1. The Morgan fingerprint density at radius 1 is 1.25 bits per heavy atom. The molecule has 20 heavy (non-hydrogen) atoms. The summed E-state index contributed by atoms with van der Waals surface area (Å²) in [6, 6.07) is 6.91. The number of anilines is 1. The predicted molar refractivity (Wildman–Crippen MR) is 78.3 cm³/mol. The number of rotatable bonds is 6. The molecule has 1 rings (SSSR count). The molecule has 0 heterocycles. The van der Waals surface area contributed by atoms with Gasteiger partial charge in [0.15, 0.2) is 0 Å². The van der Waals surface area contributed by atoms with Crippen LogP contribution < -0.4 is 14.8 Å². The third-order valence-corrected chi connectivity index (χ3v) is 3.41. The van der Waals surface area contributed by atoms with E-state index in [0.29, 0.717) is 11.4 Å². The molecule has 0 aliphatic heterocycles. The van der Waals surface area contributed by atoms with Crippen LogP contribution in [0.15, 0.2) is 24.3 Å². The second-order valence-electron chi connectivity index (χ2n) is 5.16. The Labute approximate surface area is 119 Å². The Balaban J connectivity index is 2.68. The summed E-state index contributed by atoms with van der Waals surface area (Å²) in [7, 11) is -1.76. The van der Waals surface area contributed by atoms with Crippen LogP contribution in [0.5, 0.6) is 5.75 Å². The summed E-state index contributed by atoms with van der Waals surface area (Å²) in [4.78, 5) is 12.1. The molecule has 7 heteroatoms. The van der Waals surface area contributed by atoms with Gasteiger partial charge in [0, 0.05) is 12.2 Å². The fourth-order valence-corrected chi connectivity index (χ4v) is 1.99. The minimum atomic E-state index is -3.32. The van der Waals surface area contributed by atoms with Gasteiger partial charge in [-0.15, -0.1) is 0 Å². The fraction of sp³-hybridized carbons (Fsp3) is 0.462. The lowest BCUT2D eigenvalue weighted by molar-refractivity contribution is -0.123. The number of benzene rings is 1. The first-order valence-corrected chi connectivity index (χ1v) is 7.93. The van der Waals surface area contributed by atoms with E-state index < -0.39 is 15.4 Å². The molecule has 2 N–H and O–H groups in total. The minimum absolute atomic E-state index is 0.0355. The first-order valence-electron chi connectivity index (χ1n) is 6.04. The van der Waals surface area contributed by atoms with Crippen LogP contribution >= 0.6 is 0 Å². The van der Waals surface area contributed by atoms with Crippen molar-refractivity contribution in [1.82, 2.24) is 4.72 Å². The molecule has 0 aliphatic carbocycles. The first-order chi connectivity index (χ1) is 9.14. The van der Waals surface area contributed by atoms with Gasteiger partial charge < -0.3 is 10.1 Å². The van der Waals surface area contributed by atoms with Crippen molar-refractivity contribution in [3.63, 3.8) is 0 Å². The third-order valence-electron chi connectivity index (χ3n) is 2.74. The van der Waals surface area contributed by atoms with E-state index in [-0.39, 0.29) is 12.5 Å². The highest BCUT2D eigenvalue weighted by molar-refractivity contribution is 7.88. The van der Waals surface area contributed by atoms with E-state index in [9.17, 15) is 13.2 Å². The van der Waals surface area contributed by atoms with Crippen molar-refractivity contribution in [3.8, 4) is 5.75 Å². The number of carbonyl (C=O) groups is 1. The van der Waals surface area contributed by atoms with Crippen molar-refractivity contribution in [2.75, 3.05) is 25.2 Å². The van der Waals surface area contributed by atoms with E-state index >= 15 is 0 Å². The number of hydrogen-bond acceptors (Lipinski definition) is 4. The lowest BCUT2D eigenvalue weighted by Crippen LogP contribution is -2.41. The molecule has 0 saturated carbocycles. The number of nitrogens with one attached hydrogen (secondary N) is 2. The zero-order valence-corrected chi connectivity index (χ0v) is 12.9. The molecule has 0 atom stereocenters. The Hall–Kier alpha value is -1.60. The lowest BCUT2D eigenvalue weighted by Gasteiger charge is -2.23. The molecule has 1 aromatic rings. The smallest absolute Gasteiger partial charge is 0.231 e. The number of methoxy groups -OCH3 is 1. The molecule has 0 aliphatic rings. The molecular formula is C13H20N2O4S. The van der Waals surface area contributed by atoms with Crippen LogP contribution in [-0.2, 0) is 14.8 Å². The predicted octanol–water partition coefficient (Wildman–Crippen LogP) is 1.21. The molecule has 0 radical (unpaired) electrons. The van der Waals surface area contributed by atoms with E-state index in [4.69, 9.17) is 4.74 Å². The van der Waals surface area contributed by atoms with Crippen molar-refractivity contribution in [2.24, 2.45) is 5.41 Å². The maximum absolute atomic E-state index is 12.1. The number of sulfonamides is 1. The minimum Gasteiger partial charge on any atom is -0.497 e. The zero-order chi connectivity index (χ0) is 15.4. The van der Waals surface area contributed by atoms with Gasteiger partial charge in [0.1, 0.15) is 5.75 Å².